The van der Waals surface area contributed by atoms with E-state index >= 15 is 0 Å². The van der Waals surface area contributed by atoms with Gasteiger partial charge in [-0.25, -0.2) is 8.78 Å². The van der Waals surface area contributed by atoms with Crippen LogP contribution >= 0.6 is 0 Å². The quantitative estimate of drug-likeness (QED) is 0.719. The van der Waals surface area contributed by atoms with Crippen LogP contribution in [0.15, 0.2) is 18.2 Å². The summed E-state index contributed by atoms with van der Waals surface area (Å²) in [5.41, 5.74) is 0.620. The van der Waals surface area contributed by atoms with E-state index < -0.39 is 11.6 Å². The van der Waals surface area contributed by atoms with Gasteiger partial charge in [-0.2, -0.15) is 0 Å². The van der Waals surface area contributed by atoms with E-state index in [-0.39, 0.29) is 6.04 Å². The Morgan fingerprint density at radius 1 is 1.17 bits per heavy atom. The molecule has 1 nitrogen and oxygen atoms in total. The minimum absolute atomic E-state index is 0.0322. The minimum Gasteiger partial charge on any atom is -0.313 e. The van der Waals surface area contributed by atoms with Gasteiger partial charge in [-0.3, -0.25) is 0 Å². The van der Waals surface area contributed by atoms with Crippen LogP contribution in [0.3, 0.4) is 0 Å². The highest BCUT2D eigenvalue weighted by molar-refractivity contribution is 5.20. The predicted molar refractivity (Wildman–Crippen MR) is 43.8 cm³/mol. The molecule has 1 aromatic carbocycles. The molecule has 0 heterocycles. The average Bonchev–Trinajstić information content (AvgIpc) is 2.01. The van der Waals surface area contributed by atoms with Crippen LogP contribution in [0.1, 0.15) is 18.5 Å². The second-order valence-corrected chi connectivity index (χ2v) is 2.71. The van der Waals surface area contributed by atoms with Gasteiger partial charge in [-0.05, 0) is 31.7 Å². The Morgan fingerprint density at radius 3 is 2.08 bits per heavy atom. The highest BCUT2D eigenvalue weighted by Gasteiger charge is 2.05. The average molecular weight is 171 g/mol. The van der Waals surface area contributed by atoms with E-state index in [1.165, 1.54) is 12.1 Å². The van der Waals surface area contributed by atoms with Gasteiger partial charge in [-0.15, -0.1) is 0 Å². The summed E-state index contributed by atoms with van der Waals surface area (Å²) in [6, 6.07) is 3.48. The Balaban J connectivity index is 3.00. The summed E-state index contributed by atoms with van der Waals surface area (Å²) >= 11 is 0. The van der Waals surface area contributed by atoms with Crippen molar-refractivity contribution < 1.29 is 8.78 Å². The zero-order chi connectivity index (χ0) is 9.14. The lowest BCUT2D eigenvalue weighted by Gasteiger charge is -2.10. The van der Waals surface area contributed by atoms with Gasteiger partial charge >= 0.3 is 0 Å². The third-order valence-electron chi connectivity index (χ3n) is 1.82. The lowest BCUT2D eigenvalue weighted by atomic mass is 10.1. The fourth-order valence-electron chi connectivity index (χ4n) is 0.992. The van der Waals surface area contributed by atoms with E-state index in [1.807, 2.05) is 6.92 Å². The van der Waals surface area contributed by atoms with Crippen LogP contribution < -0.4 is 5.32 Å². The molecule has 12 heavy (non-hydrogen) atoms. The number of rotatable bonds is 2. The van der Waals surface area contributed by atoms with Crippen LogP contribution in [0, 0.1) is 11.6 Å². The molecule has 0 radical (unpaired) electrons. The largest absolute Gasteiger partial charge is 0.313 e. The molecule has 0 aliphatic rings. The van der Waals surface area contributed by atoms with Gasteiger partial charge in [0.1, 0.15) is 11.6 Å². The van der Waals surface area contributed by atoms with E-state index in [2.05, 4.69) is 5.32 Å². The summed E-state index contributed by atoms with van der Waals surface area (Å²) in [4.78, 5) is 0. The van der Waals surface area contributed by atoms with Gasteiger partial charge in [0.25, 0.3) is 0 Å². The van der Waals surface area contributed by atoms with E-state index in [9.17, 15) is 8.78 Å². The number of hydrogen-bond acceptors (Lipinski definition) is 1. The van der Waals surface area contributed by atoms with Crippen molar-refractivity contribution in [2.24, 2.45) is 0 Å². The topological polar surface area (TPSA) is 12.0 Å². The second-order valence-electron chi connectivity index (χ2n) is 2.71. The number of benzene rings is 1. The van der Waals surface area contributed by atoms with Gasteiger partial charge in [0.05, 0.1) is 0 Å². The van der Waals surface area contributed by atoms with Crippen molar-refractivity contribution in [1.82, 2.24) is 5.32 Å². The van der Waals surface area contributed by atoms with Crippen LogP contribution in [-0.2, 0) is 0 Å². The Bertz CT molecular complexity index is 253. The summed E-state index contributed by atoms with van der Waals surface area (Å²) < 4.78 is 25.3. The summed E-state index contributed by atoms with van der Waals surface area (Å²) in [5.74, 6) is -1.07. The van der Waals surface area contributed by atoms with Crippen molar-refractivity contribution in [2.45, 2.75) is 13.0 Å². The van der Waals surface area contributed by atoms with Crippen molar-refractivity contribution in [2.75, 3.05) is 7.05 Å². The van der Waals surface area contributed by atoms with Crippen LogP contribution in [0.2, 0.25) is 0 Å². The minimum atomic E-state index is -0.535. The maximum absolute atomic E-state index is 12.7. The summed E-state index contributed by atoms with van der Waals surface area (Å²) in [6.45, 7) is 1.84. The van der Waals surface area contributed by atoms with Gasteiger partial charge < -0.3 is 5.32 Å². The standard InChI is InChI=1S/C9H11F2N/c1-6(12-2)7-3-8(10)5-9(11)4-7/h3-6,12H,1-2H3. The molecule has 1 rings (SSSR count). The highest BCUT2D eigenvalue weighted by atomic mass is 19.1. The Morgan fingerprint density at radius 2 is 1.67 bits per heavy atom. The van der Waals surface area contributed by atoms with Crippen LogP contribution in [-0.4, -0.2) is 7.05 Å². The van der Waals surface area contributed by atoms with E-state index in [0.717, 1.165) is 6.07 Å². The van der Waals surface area contributed by atoms with E-state index in [1.54, 1.807) is 7.05 Å². The lowest BCUT2D eigenvalue weighted by Crippen LogP contribution is -2.12. The van der Waals surface area contributed by atoms with Crippen LogP contribution in [0.5, 0.6) is 0 Å². The smallest absolute Gasteiger partial charge is 0.126 e. The first-order valence-electron chi connectivity index (χ1n) is 3.76. The second kappa shape index (κ2) is 3.63. The van der Waals surface area contributed by atoms with Crippen molar-refractivity contribution in [3.8, 4) is 0 Å². The van der Waals surface area contributed by atoms with Gasteiger partial charge in [0.2, 0.25) is 0 Å². The van der Waals surface area contributed by atoms with Crippen molar-refractivity contribution in [1.29, 1.82) is 0 Å². The molecule has 0 saturated carbocycles. The zero-order valence-electron chi connectivity index (χ0n) is 7.07. The third kappa shape index (κ3) is 2.01. The number of nitrogens with one attached hydrogen (secondary N) is 1. The molecule has 0 aliphatic carbocycles. The first-order chi connectivity index (χ1) is 5.63. The van der Waals surface area contributed by atoms with Gasteiger partial charge in [-0.1, -0.05) is 0 Å². The molecule has 0 aliphatic heterocycles. The number of halogens is 2. The predicted octanol–water partition coefficient (Wildman–Crippen LogP) is 2.25. The van der Waals surface area contributed by atoms with Crippen LogP contribution in [0.4, 0.5) is 8.78 Å². The normalized spacial score (nSPS) is 13.0. The molecule has 0 spiro atoms. The molecule has 1 aromatic rings. The molecule has 0 fully saturated rings. The lowest BCUT2D eigenvalue weighted by molar-refractivity contribution is 0.566. The number of hydrogen-bond donors (Lipinski definition) is 1. The molecule has 1 N–H and O–H groups in total. The fourth-order valence-corrected chi connectivity index (χ4v) is 0.992. The van der Waals surface area contributed by atoms with Gasteiger partial charge in [0.15, 0.2) is 0 Å². The first-order valence-corrected chi connectivity index (χ1v) is 3.76. The Kier molecular flexibility index (Phi) is 2.76. The highest BCUT2D eigenvalue weighted by Crippen LogP contribution is 2.14. The SMILES string of the molecule is CNC(C)c1cc(F)cc(F)c1. The summed E-state index contributed by atoms with van der Waals surface area (Å²) in [7, 11) is 1.74. The Labute approximate surface area is 70.4 Å². The molecule has 66 valence electrons. The molecular weight excluding hydrogens is 160 g/mol. The third-order valence-corrected chi connectivity index (χ3v) is 1.82. The van der Waals surface area contributed by atoms with Crippen molar-refractivity contribution >= 4 is 0 Å². The molecule has 0 aromatic heterocycles. The summed E-state index contributed by atoms with van der Waals surface area (Å²) in [6.07, 6.45) is 0. The van der Waals surface area contributed by atoms with Crippen LogP contribution in [0.25, 0.3) is 0 Å². The maximum atomic E-state index is 12.7. The molecule has 3 heteroatoms. The molecular formula is C9H11F2N. The fraction of sp³-hybridized carbons (Fsp3) is 0.333. The molecule has 0 bridgehead atoms. The molecule has 0 saturated heterocycles. The Hall–Kier alpha value is -0.960. The molecule has 1 atom stereocenters. The van der Waals surface area contributed by atoms with Crippen molar-refractivity contribution in [3.05, 3.63) is 35.4 Å². The molecule has 1 unspecified atom stereocenters. The maximum Gasteiger partial charge on any atom is 0.126 e. The van der Waals surface area contributed by atoms with Gasteiger partial charge in [0, 0.05) is 12.1 Å². The van der Waals surface area contributed by atoms with Crippen molar-refractivity contribution in [3.63, 3.8) is 0 Å². The van der Waals surface area contributed by atoms with E-state index in [4.69, 9.17) is 0 Å². The summed E-state index contributed by atoms with van der Waals surface area (Å²) in [5, 5.41) is 2.90. The monoisotopic (exact) mass is 171 g/mol. The first kappa shape index (κ1) is 9.13. The van der Waals surface area contributed by atoms with E-state index in [0.29, 0.717) is 5.56 Å². The molecule has 0 amide bonds. The zero-order valence-corrected chi connectivity index (χ0v) is 7.07.